The molecule has 7 heteroatoms. The fourth-order valence-electron chi connectivity index (χ4n) is 3.88. The number of aryl methyl sites for hydroxylation is 1. The molecule has 1 saturated heterocycles. The topological polar surface area (TPSA) is 44.0 Å². The van der Waals surface area contributed by atoms with Gasteiger partial charge < -0.3 is 10.3 Å². The molecule has 1 atom stereocenters. The average Bonchev–Trinajstić information content (AvgIpc) is 3.16. The third-order valence-electron chi connectivity index (χ3n) is 5.41. The Kier molecular flexibility index (Phi) is 6.45. The standard InChI is InChI=1S/C21H29F3N4/c1-14(2)11-26-17-6-8-28(9-7-17)20(19-12-25-13-27-19)16-5-4-15(3)18(10-16)21(22,23)24/h4-5,10,12-14,17,20,26H,6-9,11H2,1-3H3,(H,25,27). The summed E-state index contributed by atoms with van der Waals surface area (Å²) in [6, 6.07) is 4.88. The summed E-state index contributed by atoms with van der Waals surface area (Å²) in [5, 5.41) is 3.60. The lowest BCUT2D eigenvalue weighted by Crippen LogP contribution is -2.45. The van der Waals surface area contributed by atoms with E-state index in [4.69, 9.17) is 0 Å². The minimum Gasteiger partial charge on any atom is -0.347 e. The molecule has 1 fully saturated rings. The van der Waals surface area contributed by atoms with Crippen LogP contribution in [-0.2, 0) is 6.18 Å². The van der Waals surface area contributed by atoms with E-state index in [0.717, 1.165) is 38.2 Å². The van der Waals surface area contributed by atoms with Crippen molar-refractivity contribution in [2.45, 2.75) is 51.9 Å². The number of hydrogen-bond donors (Lipinski definition) is 2. The molecule has 0 radical (unpaired) electrons. The molecule has 1 aromatic carbocycles. The van der Waals surface area contributed by atoms with E-state index in [2.05, 4.69) is 34.0 Å². The van der Waals surface area contributed by atoms with Crippen molar-refractivity contribution < 1.29 is 13.2 Å². The van der Waals surface area contributed by atoms with E-state index in [1.807, 2.05) is 0 Å². The van der Waals surface area contributed by atoms with Crippen LogP contribution in [0, 0.1) is 12.8 Å². The summed E-state index contributed by atoms with van der Waals surface area (Å²) in [7, 11) is 0. The molecule has 4 nitrogen and oxygen atoms in total. The van der Waals surface area contributed by atoms with Crippen LogP contribution in [0.15, 0.2) is 30.7 Å². The number of nitrogens with one attached hydrogen (secondary N) is 2. The number of imidazole rings is 1. The minimum atomic E-state index is -4.35. The van der Waals surface area contributed by atoms with Gasteiger partial charge in [-0.25, -0.2) is 4.98 Å². The first-order chi connectivity index (χ1) is 13.3. The number of aromatic amines is 1. The van der Waals surface area contributed by atoms with Crippen molar-refractivity contribution in [2.24, 2.45) is 5.92 Å². The van der Waals surface area contributed by atoms with Crippen molar-refractivity contribution in [3.8, 4) is 0 Å². The van der Waals surface area contributed by atoms with Crippen LogP contribution in [0.1, 0.15) is 55.1 Å². The second-order valence-corrected chi connectivity index (χ2v) is 8.09. The van der Waals surface area contributed by atoms with Crippen LogP contribution >= 0.6 is 0 Å². The molecule has 154 valence electrons. The quantitative estimate of drug-likeness (QED) is 0.756. The van der Waals surface area contributed by atoms with Crippen molar-refractivity contribution in [3.05, 3.63) is 53.1 Å². The maximum atomic E-state index is 13.4. The molecule has 2 aromatic rings. The first-order valence-corrected chi connectivity index (χ1v) is 9.89. The SMILES string of the molecule is Cc1ccc(C(c2cnc[nH]2)N2CCC(NCC(C)C)CC2)cc1C(F)(F)F. The zero-order valence-electron chi connectivity index (χ0n) is 16.7. The van der Waals surface area contributed by atoms with Gasteiger partial charge in [0.2, 0.25) is 0 Å². The number of hydrogen-bond acceptors (Lipinski definition) is 3. The molecule has 0 spiro atoms. The van der Waals surface area contributed by atoms with Gasteiger partial charge in [0.25, 0.3) is 0 Å². The number of benzene rings is 1. The highest BCUT2D eigenvalue weighted by Gasteiger charge is 2.34. The molecule has 0 amide bonds. The van der Waals surface area contributed by atoms with Gasteiger partial charge in [0.15, 0.2) is 0 Å². The van der Waals surface area contributed by atoms with Crippen molar-refractivity contribution in [1.29, 1.82) is 0 Å². The van der Waals surface area contributed by atoms with Gasteiger partial charge in [0.1, 0.15) is 0 Å². The normalized spacial score (nSPS) is 18.0. The number of alkyl halides is 3. The van der Waals surface area contributed by atoms with Gasteiger partial charge in [0, 0.05) is 25.3 Å². The van der Waals surface area contributed by atoms with Crippen LogP contribution in [0.4, 0.5) is 13.2 Å². The van der Waals surface area contributed by atoms with Crippen LogP contribution in [-0.4, -0.2) is 40.5 Å². The predicted octanol–water partition coefficient (Wildman–Crippen LogP) is 4.54. The minimum absolute atomic E-state index is 0.246. The lowest BCUT2D eigenvalue weighted by molar-refractivity contribution is -0.138. The molecule has 0 bridgehead atoms. The van der Waals surface area contributed by atoms with Gasteiger partial charge in [-0.15, -0.1) is 0 Å². The van der Waals surface area contributed by atoms with Crippen molar-refractivity contribution in [3.63, 3.8) is 0 Å². The second kappa shape index (κ2) is 8.66. The summed E-state index contributed by atoms with van der Waals surface area (Å²) in [6.07, 6.45) is 0.899. The Labute approximate surface area is 164 Å². The average molecular weight is 394 g/mol. The van der Waals surface area contributed by atoms with Crippen molar-refractivity contribution in [2.75, 3.05) is 19.6 Å². The molecular formula is C21H29F3N4. The Morgan fingerprint density at radius 1 is 1.25 bits per heavy atom. The van der Waals surface area contributed by atoms with Gasteiger partial charge in [-0.05, 0) is 49.4 Å². The first-order valence-electron chi connectivity index (χ1n) is 9.89. The molecule has 1 unspecified atom stereocenters. The molecular weight excluding hydrogens is 365 g/mol. The highest BCUT2D eigenvalue weighted by Crippen LogP contribution is 2.36. The van der Waals surface area contributed by atoms with Crippen LogP contribution in [0.3, 0.4) is 0 Å². The Balaban J connectivity index is 1.83. The summed E-state index contributed by atoms with van der Waals surface area (Å²) in [5.74, 6) is 0.601. The van der Waals surface area contributed by atoms with E-state index < -0.39 is 11.7 Å². The van der Waals surface area contributed by atoms with Gasteiger partial charge in [-0.1, -0.05) is 26.0 Å². The van der Waals surface area contributed by atoms with Crippen molar-refractivity contribution in [1.82, 2.24) is 20.2 Å². The first kappa shape index (κ1) is 20.9. The van der Waals surface area contributed by atoms with E-state index in [0.29, 0.717) is 17.5 Å². The zero-order chi connectivity index (χ0) is 20.3. The maximum Gasteiger partial charge on any atom is 0.416 e. The van der Waals surface area contributed by atoms with Gasteiger partial charge in [-0.2, -0.15) is 13.2 Å². The van der Waals surface area contributed by atoms with Gasteiger partial charge in [-0.3, -0.25) is 4.90 Å². The Bertz CT molecular complexity index is 748. The lowest BCUT2D eigenvalue weighted by atomic mass is 9.94. The smallest absolute Gasteiger partial charge is 0.347 e. The number of likely N-dealkylation sites (tertiary alicyclic amines) is 1. The van der Waals surface area contributed by atoms with Gasteiger partial charge >= 0.3 is 6.18 Å². The van der Waals surface area contributed by atoms with Crippen LogP contribution in [0.2, 0.25) is 0 Å². The molecule has 1 aliphatic heterocycles. The molecule has 2 N–H and O–H groups in total. The van der Waals surface area contributed by atoms with E-state index in [1.165, 1.54) is 13.0 Å². The summed E-state index contributed by atoms with van der Waals surface area (Å²) < 4.78 is 40.3. The number of H-pyrrole nitrogens is 1. The number of halogens is 3. The maximum absolute atomic E-state index is 13.4. The third kappa shape index (κ3) is 4.94. The van der Waals surface area contributed by atoms with E-state index in [1.54, 1.807) is 24.7 Å². The number of aromatic nitrogens is 2. The highest BCUT2D eigenvalue weighted by atomic mass is 19.4. The Hall–Kier alpha value is -1.86. The summed E-state index contributed by atoms with van der Waals surface area (Å²) in [4.78, 5) is 9.46. The Morgan fingerprint density at radius 2 is 1.96 bits per heavy atom. The Morgan fingerprint density at radius 3 is 2.54 bits per heavy atom. The number of rotatable bonds is 6. The predicted molar refractivity (Wildman–Crippen MR) is 104 cm³/mol. The fourth-order valence-corrected chi connectivity index (χ4v) is 3.88. The lowest BCUT2D eigenvalue weighted by Gasteiger charge is -2.38. The summed E-state index contributed by atoms with van der Waals surface area (Å²) >= 11 is 0. The fraction of sp³-hybridized carbons (Fsp3) is 0.571. The largest absolute Gasteiger partial charge is 0.416 e. The molecule has 1 aromatic heterocycles. The molecule has 2 heterocycles. The summed E-state index contributed by atoms with van der Waals surface area (Å²) in [5.41, 5.74) is 1.15. The van der Waals surface area contributed by atoms with Crippen LogP contribution < -0.4 is 5.32 Å². The van der Waals surface area contributed by atoms with Crippen LogP contribution in [0.25, 0.3) is 0 Å². The number of nitrogens with zero attached hydrogens (tertiary/aromatic N) is 2. The second-order valence-electron chi connectivity index (χ2n) is 8.09. The van der Waals surface area contributed by atoms with Crippen LogP contribution in [0.5, 0.6) is 0 Å². The highest BCUT2D eigenvalue weighted by molar-refractivity contribution is 5.37. The molecule has 28 heavy (non-hydrogen) atoms. The summed E-state index contributed by atoms with van der Waals surface area (Å²) in [6.45, 7) is 8.52. The molecule has 0 saturated carbocycles. The van der Waals surface area contributed by atoms with E-state index in [9.17, 15) is 13.2 Å². The zero-order valence-corrected chi connectivity index (χ0v) is 16.7. The molecule has 0 aliphatic carbocycles. The van der Waals surface area contributed by atoms with E-state index in [-0.39, 0.29) is 11.6 Å². The third-order valence-corrected chi connectivity index (χ3v) is 5.41. The number of piperidine rings is 1. The van der Waals surface area contributed by atoms with E-state index >= 15 is 0 Å². The van der Waals surface area contributed by atoms with Gasteiger partial charge in [0.05, 0.1) is 23.6 Å². The monoisotopic (exact) mass is 394 g/mol. The van der Waals surface area contributed by atoms with Crippen molar-refractivity contribution >= 4 is 0 Å². The molecule has 3 rings (SSSR count). The molecule has 1 aliphatic rings.